The average molecular weight is 582 g/mol. The third-order valence-electron chi connectivity index (χ3n) is 8.96. The molecule has 5 rings (SSSR count). The standard InChI is InChI=1S/C35H43N5O3/c1-6-29(24-13-10-9-11-14-24)37-33(41)25-16-17-30-27(19-25)28(34(42)38-30)20-31-22(4)32(23(5)36-31)35(43)40-18-12-15-26(40)21-39(7-2)8-3/h9-11,13-14,16-17,19-20,26,29,36H,6-8,12,15,18,21H2,1-5H3,(H,37,41)(H,38,42)/t26-,29-/m1/s1. The third-order valence-corrected chi connectivity index (χ3v) is 8.96. The minimum Gasteiger partial charge on any atom is -0.358 e. The fraction of sp³-hybridized carbons (Fsp3) is 0.400. The van der Waals surface area contributed by atoms with Gasteiger partial charge in [0.1, 0.15) is 0 Å². The Bertz CT molecular complexity index is 1540. The van der Waals surface area contributed by atoms with E-state index in [1.807, 2.05) is 56.0 Å². The van der Waals surface area contributed by atoms with Gasteiger partial charge in [0.25, 0.3) is 17.7 Å². The maximum absolute atomic E-state index is 13.8. The first-order valence-electron chi connectivity index (χ1n) is 15.5. The number of aromatic amines is 1. The summed E-state index contributed by atoms with van der Waals surface area (Å²) in [7, 11) is 0. The molecular weight excluding hydrogens is 538 g/mol. The molecule has 3 aromatic rings. The number of rotatable bonds is 10. The van der Waals surface area contributed by atoms with Crippen molar-refractivity contribution in [2.45, 2.75) is 66.0 Å². The molecule has 2 aromatic carbocycles. The first kappa shape index (κ1) is 30.3. The zero-order valence-corrected chi connectivity index (χ0v) is 25.9. The Morgan fingerprint density at radius 3 is 2.53 bits per heavy atom. The normalized spacial score (nSPS) is 17.8. The van der Waals surface area contributed by atoms with Gasteiger partial charge in [-0.25, -0.2) is 0 Å². The molecule has 1 saturated heterocycles. The number of nitrogens with zero attached hydrogens (tertiary/aromatic N) is 2. The molecule has 1 fully saturated rings. The van der Waals surface area contributed by atoms with Gasteiger partial charge in [0.15, 0.2) is 0 Å². The first-order valence-corrected chi connectivity index (χ1v) is 15.5. The summed E-state index contributed by atoms with van der Waals surface area (Å²) in [6.07, 6.45) is 4.58. The Kier molecular flexibility index (Phi) is 9.16. The molecule has 0 spiro atoms. The van der Waals surface area contributed by atoms with Crippen LogP contribution in [0.25, 0.3) is 11.6 Å². The number of amides is 3. The van der Waals surface area contributed by atoms with Crippen LogP contribution in [0.1, 0.15) is 94.9 Å². The molecule has 43 heavy (non-hydrogen) atoms. The molecule has 3 N–H and O–H groups in total. The lowest BCUT2D eigenvalue weighted by Crippen LogP contribution is -2.43. The molecule has 8 heteroatoms. The average Bonchev–Trinajstić information content (AvgIpc) is 3.69. The fourth-order valence-electron chi connectivity index (χ4n) is 6.42. The summed E-state index contributed by atoms with van der Waals surface area (Å²) in [5.74, 6) is -0.381. The maximum Gasteiger partial charge on any atom is 0.256 e. The molecule has 0 radical (unpaired) electrons. The number of likely N-dealkylation sites (N-methyl/N-ethyl adjacent to an activating group) is 1. The van der Waals surface area contributed by atoms with Crippen molar-refractivity contribution < 1.29 is 14.4 Å². The fourth-order valence-corrected chi connectivity index (χ4v) is 6.42. The Morgan fingerprint density at radius 2 is 1.84 bits per heavy atom. The lowest BCUT2D eigenvalue weighted by atomic mass is 10.0. The van der Waals surface area contributed by atoms with Crippen molar-refractivity contribution in [2.75, 3.05) is 31.5 Å². The molecule has 3 heterocycles. The Labute approximate surface area is 254 Å². The second-order valence-corrected chi connectivity index (χ2v) is 11.6. The highest BCUT2D eigenvalue weighted by Gasteiger charge is 2.33. The van der Waals surface area contributed by atoms with Crippen LogP contribution in [0.15, 0.2) is 48.5 Å². The number of H-pyrrole nitrogens is 1. The van der Waals surface area contributed by atoms with Gasteiger partial charge in [-0.3, -0.25) is 14.4 Å². The van der Waals surface area contributed by atoms with Gasteiger partial charge in [-0.05, 0) is 81.6 Å². The molecule has 2 atom stereocenters. The summed E-state index contributed by atoms with van der Waals surface area (Å²) in [6.45, 7) is 13.8. The second kappa shape index (κ2) is 13.0. The van der Waals surface area contributed by atoms with Crippen LogP contribution in [0.2, 0.25) is 0 Å². The van der Waals surface area contributed by atoms with E-state index in [1.54, 1.807) is 24.3 Å². The summed E-state index contributed by atoms with van der Waals surface area (Å²) >= 11 is 0. The number of anilines is 1. The first-order chi connectivity index (χ1) is 20.7. The Balaban J connectivity index is 1.40. The van der Waals surface area contributed by atoms with E-state index in [9.17, 15) is 14.4 Å². The van der Waals surface area contributed by atoms with E-state index in [4.69, 9.17) is 0 Å². The van der Waals surface area contributed by atoms with Crippen molar-refractivity contribution in [2.24, 2.45) is 0 Å². The zero-order chi connectivity index (χ0) is 30.7. The van der Waals surface area contributed by atoms with E-state index in [0.717, 1.165) is 68.0 Å². The molecule has 0 unspecified atom stereocenters. The van der Waals surface area contributed by atoms with Crippen molar-refractivity contribution in [3.8, 4) is 0 Å². The van der Waals surface area contributed by atoms with E-state index < -0.39 is 0 Å². The smallest absolute Gasteiger partial charge is 0.256 e. The van der Waals surface area contributed by atoms with Crippen LogP contribution in [0.3, 0.4) is 0 Å². The molecule has 8 nitrogen and oxygen atoms in total. The van der Waals surface area contributed by atoms with E-state index in [2.05, 4.69) is 34.4 Å². The number of carbonyl (C=O) groups is 3. The number of carbonyl (C=O) groups excluding carboxylic acids is 3. The van der Waals surface area contributed by atoms with E-state index in [0.29, 0.717) is 28.0 Å². The van der Waals surface area contributed by atoms with Gasteiger partial charge in [-0.2, -0.15) is 0 Å². The van der Waals surface area contributed by atoms with Crippen molar-refractivity contribution >= 4 is 35.1 Å². The monoisotopic (exact) mass is 581 g/mol. The topological polar surface area (TPSA) is 97.5 Å². The summed E-state index contributed by atoms with van der Waals surface area (Å²) in [4.78, 5) is 48.0. The predicted molar refractivity (Wildman–Crippen MR) is 172 cm³/mol. The highest BCUT2D eigenvalue weighted by Crippen LogP contribution is 2.35. The molecule has 1 aromatic heterocycles. The number of fused-ring (bicyclic) bond motifs is 1. The molecule has 2 aliphatic heterocycles. The summed E-state index contributed by atoms with van der Waals surface area (Å²) in [6, 6.07) is 15.3. The van der Waals surface area contributed by atoms with Crippen molar-refractivity contribution in [3.63, 3.8) is 0 Å². The Morgan fingerprint density at radius 1 is 1.09 bits per heavy atom. The number of aromatic nitrogens is 1. The number of hydrogen-bond donors (Lipinski definition) is 3. The number of benzene rings is 2. The summed E-state index contributed by atoms with van der Waals surface area (Å²) in [5.41, 5.74) is 6.35. The van der Waals surface area contributed by atoms with Crippen LogP contribution in [-0.2, 0) is 4.79 Å². The van der Waals surface area contributed by atoms with Crippen LogP contribution in [0, 0.1) is 13.8 Å². The number of aryl methyl sites for hydroxylation is 1. The van der Waals surface area contributed by atoms with Gasteiger partial charge in [0.05, 0.1) is 17.2 Å². The SMILES string of the molecule is CC[C@@H](NC(=O)c1ccc2c(c1)C(=Cc1[nH]c(C)c(C(=O)N3CCC[C@@H]3CN(CC)CC)c1C)C(=O)N2)c1ccccc1. The van der Waals surface area contributed by atoms with Gasteiger partial charge in [-0.1, -0.05) is 51.1 Å². The number of hydrogen-bond acceptors (Lipinski definition) is 4. The van der Waals surface area contributed by atoms with Crippen LogP contribution in [0.5, 0.6) is 0 Å². The van der Waals surface area contributed by atoms with Crippen LogP contribution >= 0.6 is 0 Å². The van der Waals surface area contributed by atoms with Crippen molar-refractivity contribution in [3.05, 3.63) is 87.7 Å². The van der Waals surface area contributed by atoms with Crippen LogP contribution in [-0.4, -0.2) is 64.7 Å². The minimum atomic E-state index is -0.235. The molecule has 0 bridgehead atoms. The van der Waals surface area contributed by atoms with Gasteiger partial charge in [0, 0.05) is 47.3 Å². The second-order valence-electron chi connectivity index (χ2n) is 11.6. The molecular formula is C35H43N5O3. The summed E-state index contributed by atoms with van der Waals surface area (Å²) in [5, 5.41) is 6.06. The molecule has 3 amide bonds. The highest BCUT2D eigenvalue weighted by atomic mass is 16.2. The third kappa shape index (κ3) is 6.15. The van der Waals surface area contributed by atoms with E-state index in [1.165, 1.54) is 0 Å². The summed E-state index contributed by atoms with van der Waals surface area (Å²) < 4.78 is 0. The number of likely N-dealkylation sites (tertiary alicyclic amines) is 1. The minimum absolute atomic E-state index is 0.0460. The van der Waals surface area contributed by atoms with Gasteiger partial charge >= 0.3 is 0 Å². The molecule has 0 saturated carbocycles. The maximum atomic E-state index is 13.8. The molecule has 226 valence electrons. The quantitative estimate of drug-likeness (QED) is 0.258. The molecule has 2 aliphatic rings. The van der Waals surface area contributed by atoms with Gasteiger partial charge in [0.2, 0.25) is 0 Å². The Hall–Kier alpha value is -4.17. The van der Waals surface area contributed by atoms with E-state index in [-0.39, 0.29) is 29.8 Å². The lowest BCUT2D eigenvalue weighted by Gasteiger charge is -2.30. The van der Waals surface area contributed by atoms with Crippen molar-refractivity contribution in [1.82, 2.24) is 20.1 Å². The molecule has 0 aliphatic carbocycles. The number of nitrogens with one attached hydrogen (secondary N) is 3. The predicted octanol–water partition coefficient (Wildman–Crippen LogP) is 5.95. The van der Waals surface area contributed by atoms with Gasteiger partial charge < -0.3 is 25.4 Å². The van der Waals surface area contributed by atoms with Gasteiger partial charge in [-0.15, -0.1) is 0 Å². The van der Waals surface area contributed by atoms with E-state index >= 15 is 0 Å². The largest absolute Gasteiger partial charge is 0.358 e. The zero-order valence-electron chi connectivity index (χ0n) is 25.9. The van der Waals surface area contributed by atoms with Crippen molar-refractivity contribution in [1.29, 1.82) is 0 Å². The highest BCUT2D eigenvalue weighted by molar-refractivity contribution is 6.35. The van der Waals surface area contributed by atoms with Crippen LogP contribution < -0.4 is 10.6 Å². The van der Waals surface area contributed by atoms with Crippen LogP contribution in [0.4, 0.5) is 5.69 Å². The lowest BCUT2D eigenvalue weighted by molar-refractivity contribution is -0.110.